The minimum Gasteiger partial charge on any atom is -0.349 e. The van der Waals surface area contributed by atoms with Gasteiger partial charge in [-0.1, -0.05) is 0 Å². The summed E-state index contributed by atoms with van der Waals surface area (Å²) in [5.74, 6) is 0.230. The molecule has 1 aromatic heterocycles. The van der Waals surface area contributed by atoms with Crippen molar-refractivity contribution >= 4 is 23.2 Å². The SMILES string of the molecule is O=C(NC1CCN(C(=O)C2CCCN2)CC1)c1ccsc1. The molecule has 1 unspecified atom stereocenters. The van der Waals surface area contributed by atoms with Crippen molar-refractivity contribution in [3.05, 3.63) is 22.4 Å². The number of piperidine rings is 1. The summed E-state index contributed by atoms with van der Waals surface area (Å²) >= 11 is 1.53. The van der Waals surface area contributed by atoms with Crippen LogP contribution in [0.3, 0.4) is 0 Å². The third-order valence-corrected chi connectivity index (χ3v) is 4.97. The van der Waals surface area contributed by atoms with Gasteiger partial charge >= 0.3 is 0 Å². The average molecular weight is 307 g/mol. The van der Waals surface area contributed by atoms with Crippen LogP contribution in [0.5, 0.6) is 0 Å². The first-order valence-electron chi connectivity index (χ1n) is 7.59. The Labute approximate surface area is 128 Å². The summed E-state index contributed by atoms with van der Waals surface area (Å²) in [6.07, 6.45) is 3.72. The van der Waals surface area contributed by atoms with E-state index in [4.69, 9.17) is 0 Å². The van der Waals surface area contributed by atoms with E-state index in [-0.39, 0.29) is 23.9 Å². The van der Waals surface area contributed by atoms with Gasteiger partial charge in [-0.15, -0.1) is 0 Å². The highest BCUT2D eigenvalue weighted by molar-refractivity contribution is 7.08. The van der Waals surface area contributed by atoms with Gasteiger partial charge in [0.2, 0.25) is 5.91 Å². The predicted octanol–water partition coefficient (Wildman–Crippen LogP) is 1.22. The molecule has 0 bridgehead atoms. The molecule has 2 fully saturated rings. The molecule has 0 aromatic carbocycles. The van der Waals surface area contributed by atoms with E-state index in [1.54, 1.807) is 0 Å². The lowest BCUT2D eigenvalue weighted by atomic mass is 10.0. The maximum Gasteiger partial charge on any atom is 0.252 e. The maximum atomic E-state index is 12.3. The Morgan fingerprint density at radius 2 is 2.10 bits per heavy atom. The van der Waals surface area contributed by atoms with E-state index in [1.165, 1.54) is 11.3 Å². The molecule has 114 valence electrons. The van der Waals surface area contributed by atoms with Crippen LogP contribution in [0.15, 0.2) is 16.8 Å². The summed E-state index contributed by atoms with van der Waals surface area (Å²) in [4.78, 5) is 26.2. The Morgan fingerprint density at radius 3 is 2.71 bits per heavy atom. The lowest BCUT2D eigenvalue weighted by Gasteiger charge is -2.33. The third-order valence-electron chi connectivity index (χ3n) is 4.28. The average Bonchev–Trinajstić information content (AvgIpc) is 3.20. The highest BCUT2D eigenvalue weighted by Gasteiger charge is 2.30. The molecular weight excluding hydrogens is 286 g/mol. The number of rotatable bonds is 3. The number of carbonyl (C=O) groups excluding carboxylic acids is 2. The number of nitrogens with one attached hydrogen (secondary N) is 2. The van der Waals surface area contributed by atoms with E-state index >= 15 is 0 Å². The minimum absolute atomic E-state index is 0.00140. The van der Waals surface area contributed by atoms with Gasteiger partial charge < -0.3 is 15.5 Å². The molecule has 0 spiro atoms. The topological polar surface area (TPSA) is 61.4 Å². The Kier molecular flexibility index (Phi) is 4.55. The summed E-state index contributed by atoms with van der Waals surface area (Å²) in [5, 5.41) is 10.1. The molecule has 5 nitrogen and oxygen atoms in total. The van der Waals surface area contributed by atoms with Crippen LogP contribution in [-0.2, 0) is 4.79 Å². The van der Waals surface area contributed by atoms with Crippen LogP contribution < -0.4 is 10.6 Å². The van der Waals surface area contributed by atoms with Gasteiger partial charge in [0.1, 0.15) is 0 Å². The monoisotopic (exact) mass is 307 g/mol. The number of amides is 2. The summed E-state index contributed by atoms with van der Waals surface area (Å²) in [7, 11) is 0. The fourth-order valence-electron chi connectivity index (χ4n) is 3.02. The van der Waals surface area contributed by atoms with Crippen LogP contribution in [0.1, 0.15) is 36.0 Å². The molecule has 0 radical (unpaired) electrons. The smallest absolute Gasteiger partial charge is 0.252 e. The van der Waals surface area contributed by atoms with Crippen LogP contribution >= 0.6 is 11.3 Å². The van der Waals surface area contributed by atoms with Crippen molar-refractivity contribution in [2.75, 3.05) is 19.6 Å². The normalized spacial score (nSPS) is 23.2. The molecule has 2 amide bonds. The quantitative estimate of drug-likeness (QED) is 0.883. The highest BCUT2D eigenvalue weighted by atomic mass is 32.1. The van der Waals surface area contributed by atoms with Crippen LogP contribution in [0, 0.1) is 0 Å². The largest absolute Gasteiger partial charge is 0.349 e. The zero-order valence-electron chi connectivity index (χ0n) is 12.0. The molecule has 21 heavy (non-hydrogen) atoms. The predicted molar refractivity (Wildman–Crippen MR) is 82.4 cm³/mol. The Hall–Kier alpha value is -1.40. The Morgan fingerprint density at radius 1 is 1.29 bits per heavy atom. The lowest BCUT2D eigenvalue weighted by Crippen LogP contribution is -2.50. The zero-order chi connectivity index (χ0) is 14.7. The van der Waals surface area contributed by atoms with E-state index in [0.29, 0.717) is 0 Å². The second-order valence-corrected chi connectivity index (χ2v) is 6.51. The van der Waals surface area contributed by atoms with Crippen molar-refractivity contribution in [1.29, 1.82) is 0 Å². The van der Waals surface area contributed by atoms with E-state index < -0.39 is 0 Å². The summed E-state index contributed by atoms with van der Waals surface area (Å²) < 4.78 is 0. The number of carbonyl (C=O) groups is 2. The Balaban J connectivity index is 1.46. The van der Waals surface area contributed by atoms with E-state index in [2.05, 4.69) is 10.6 Å². The summed E-state index contributed by atoms with van der Waals surface area (Å²) in [5.41, 5.74) is 0.730. The number of thiophene rings is 1. The number of hydrogen-bond donors (Lipinski definition) is 2. The molecular formula is C15H21N3O2S. The second kappa shape index (κ2) is 6.58. The van der Waals surface area contributed by atoms with Crippen LogP contribution in [0.25, 0.3) is 0 Å². The van der Waals surface area contributed by atoms with Gasteiger partial charge in [-0.2, -0.15) is 11.3 Å². The van der Waals surface area contributed by atoms with Gasteiger partial charge in [-0.25, -0.2) is 0 Å². The standard InChI is InChI=1S/C15H21N3O2S/c19-14(11-5-9-21-10-11)17-12-3-7-18(8-4-12)15(20)13-2-1-6-16-13/h5,9-10,12-13,16H,1-4,6-8H2,(H,17,19). The minimum atomic E-state index is -0.00140. The van der Waals surface area contributed by atoms with Crippen molar-refractivity contribution in [2.24, 2.45) is 0 Å². The van der Waals surface area contributed by atoms with E-state index in [9.17, 15) is 9.59 Å². The van der Waals surface area contributed by atoms with Crippen LogP contribution in [0.2, 0.25) is 0 Å². The molecule has 0 saturated carbocycles. The number of nitrogens with zero attached hydrogens (tertiary/aromatic N) is 1. The van der Waals surface area contributed by atoms with Gasteiger partial charge in [0.25, 0.3) is 5.91 Å². The van der Waals surface area contributed by atoms with Crippen molar-refractivity contribution in [3.63, 3.8) is 0 Å². The lowest BCUT2D eigenvalue weighted by molar-refractivity contribution is -0.134. The van der Waals surface area contributed by atoms with Gasteiger partial charge in [0, 0.05) is 30.1 Å². The fraction of sp³-hybridized carbons (Fsp3) is 0.600. The first-order valence-corrected chi connectivity index (χ1v) is 8.53. The Bertz CT molecular complexity index is 489. The van der Waals surface area contributed by atoms with E-state index in [0.717, 1.165) is 50.9 Å². The highest BCUT2D eigenvalue weighted by Crippen LogP contribution is 2.16. The molecule has 0 aliphatic carbocycles. The molecule has 2 aliphatic heterocycles. The first kappa shape index (κ1) is 14.5. The van der Waals surface area contributed by atoms with E-state index in [1.807, 2.05) is 21.7 Å². The fourth-order valence-corrected chi connectivity index (χ4v) is 3.66. The molecule has 6 heteroatoms. The van der Waals surface area contributed by atoms with Gasteiger partial charge in [0.05, 0.1) is 6.04 Å². The van der Waals surface area contributed by atoms with Gasteiger partial charge in [-0.3, -0.25) is 9.59 Å². The van der Waals surface area contributed by atoms with Crippen molar-refractivity contribution in [3.8, 4) is 0 Å². The summed E-state index contributed by atoms with van der Waals surface area (Å²) in [6, 6.07) is 2.03. The van der Waals surface area contributed by atoms with Crippen molar-refractivity contribution in [2.45, 2.75) is 37.8 Å². The van der Waals surface area contributed by atoms with Crippen molar-refractivity contribution in [1.82, 2.24) is 15.5 Å². The molecule has 1 atom stereocenters. The number of likely N-dealkylation sites (tertiary alicyclic amines) is 1. The molecule has 1 aromatic rings. The van der Waals surface area contributed by atoms with Crippen LogP contribution in [-0.4, -0.2) is 48.4 Å². The molecule has 3 rings (SSSR count). The zero-order valence-corrected chi connectivity index (χ0v) is 12.8. The van der Waals surface area contributed by atoms with Crippen LogP contribution in [0.4, 0.5) is 0 Å². The molecule has 2 aliphatic rings. The first-order chi connectivity index (χ1) is 10.2. The second-order valence-electron chi connectivity index (χ2n) is 5.73. The summed E-state index contributed by atoms with van der Waals surface area (Å²) in [6.45, 7) is 2.43. The molecule has 2 saturated heterocycles. The maximum absolute atomic E-state index is 12.3. The third kappa shape index (κ3) is 3.44. The molecule has 3 heterocycles. The number of hydrogen-bond acceptors (Lipinski definition) is 4. The van der Waals surface area contributed by atoms with Gasteiger partial charge in [-0.05, 0) is 43.7 Å². The van der Waals surface area contributed by atoms with Gasteiger partial charge in [0.15, 0.2) is 0 Å². The van der Waals surface area contributed by atoms with Crippen molar-refractivity contribution < 1.29 is 9.59 Å². The molecule has 2 N–H and O–H groups in total.